The van der Waals surface area contributed by atoms with Crippen molar-refractivity contribution in [2.75, 3.05) is 20.8 Å². The number of hydrogen-bond acceptors (Lipinski definition) is 8. The first-order valence-corrected chi connectivity index (χ1v) is 11.5. The Morgan fingerprint density at radius 2 is 1.94 bits per heavy atom. The van der Waals surface area contributed by atoms with E-state index in [0.29, 0.717) is 28.9 Å². The number of nitrogens with two attached hydrogens (primary N) is 2. The van der Waals surface area contributed by atoms with Crippen molar-refractivity contribution in [3.8, 4) is 11.5 Å². The number of benzene rings is 1. The first-order chi connectivity index (χ1) is 17.3. The van der Waals surface area contributed by atoms with Gasteiger partial charge in [-0.05, 0) is 47.9 Å². The largest absolute Gasteiger partial charge is 0.497 e. The Hall–Kier alpha value is -4.53. The van der Waals surface area contributed by atoms with Crippen molar-refractivity contribution in [2.24, 2.45) is 27.4 Å². The summed E-state index contributed by atoms with van der Waals surface area (Å²) in [6.45, 7) is 4.18. The van der Waals surface area contributed by atoms with Gasteiger partial charge in [0.05, 0.1) is 24.2 Å². The van der Waals surface area contributed by atoms with Crippen LogP contribution in [0.3, 0.4) is 0 Å². The van der Waals surface area contributed by atoms with Gasteiger partial charge in [0.2, 0.25) is 0 Å². The monoisotopic (exact) mass is 487 g/mol. The Labute approximate surface area is 211 Å². The number of rotatable bonds is 10. The zero-order chi connectivity index (χ0) is 26.1. The standard InChI is InChI=1S/C27H33N7O2/c1-17(2)18(13-28)11-26(30)34-27-9-8-24-25(33-27)10-19(14-32-24)22(15-31-3)23(29)16-36-21-7-5-6-20(12-21)35-4/h5-15,17,28,32-33H,16,29H2,1-4H3,(H2,30,34). The van der Waals surface area contributed by atoms with E-state index in [1.165, 1.54) is 6.21 Å². The van der Waals surface area contributed by atoms with Crippen LogP contribution in [-0.4, -0.2) is 39.0 Å². The summed E-state index contributed by atoms with van der Waals surface area (Å²) in [5.41, 5.74) is 17.1. The molecule has 0 amide bonds. The highest BCUT2D eigenvalue weighted by atomic mass is 16.5. The second-order valence-corrected chi connectivity index (χ2v) is 8.33. The molecular formula is C27H33N7O2. The van der Waals surface area contributed by atoms with Crippen LogP contribution >= 0.6 is 0 Å². The maximum Gasteiger partial charge on any atom is 0.132 e. The Balaban J connectivity index is 1.80. The van der Waals surface area contributed by atoms with Crippen molar-refractivity contribution in [1.82, 2.24) is 10.6 Å². The van der Waals surface area contributed by atoms with Crippen LogP contribution in [0.4, 0.5) is 0 Å². The number of aliphatic imine (C=N–C) groups is 2. The maximum absolute atomic E-state index is 7.55. The number of fused-ring (bicyclic) bond motifs is 1. The molecule has 0 spiro atoms. The lowest BCUT2D eigenvalue weighted by molar-refractivity contribution is 0.345. The quantitative estimate of drug-likeness (QED) is 0.253. The molecule has 0 bridgehead atoms. The number of nitrogens with zero attached hydrogens (tertiary/aromatic N) is 2. The smallest absolute Gasteiger partial charge is 0.132 e. The molecule has 2 aliphatic rings. The highest BCUT2D eigenvalue weighted by Gasteiger charge is 2.18. The number of methoxy groups -OCH3 is 1. The number of allylic oxidation sites excluding steroid dienone is 6. The fourth-order valence-electron chi connectivity index (χ4n) is 3.43. The average molecular weight is 488 g/mol. The highest BCUT2D eigenvalue weighted by Crippen LogP contribution is 2.24. The molecule has 1 aromatic rings. The highest BCUT2D eigenvalue weighted by molar-refractivity contribution is 5.97. The number of dihydropyridines is 2. The molecule has 9 heteroatoms. The lowest BCUT2D eigenvalue weighted by Gasteiger charge is -2.24. The van der Waals surface area contributed by atoms with Crippen molar-refractivity contribution in [3.05, 3.63) is 94.4 Å². The number of hydrogen-bond donors (Lipinski definition) is 5. The molecule has 0 unspecified atom stereocenters. The molecule has 188 valence electrons. The SMILES string of the molecule is CN=CC(C1=CNC2=CC=C(N=C(N)C=C(C=N)C(C)C)NC2=C1)=C(N)COc1cccc(OC)c1. The molecule has 36 heavy (non-hydrogen) atoms. The molecule has 0 saturated carbocycles. The van der Waals surface area contributed by atoms with E-state index in [1.807, 2.05) is 56.5 Å². The molecule has 2 aliphatic heterocycles. The Morgan fingerprint density at radius 3 is 2.64 bits per heavy atom. The van der Waals surface area contributed by atoms with Crippen LogP contribution in [0.1, 0.15) is 13.8 Å². The van der Waals surface area contributed by atoms with Crippen LogP contribution in [0.15, 0.2) is 104 Å². The van der Waals surface area contributed by atoms with Crippen molar-refractivity contribution < 1.29 is 9.47 Å². The molecule has 0 saturated heterocycles. The van der Waals surface area contributed by atoms with Crippen molar-refractivity contribution in [2.45, 2.75) is 13.8 Å². The molecular weight excluding hydrogens is 454 g/mol. The fourth-order valence-corrected chi connectivity index (χ4v) is 3.43. The summed E-state index contributed by atoms with van der Waals surface area (Å²) in [4.78, 5) is 8.63. The zero-order valence-electron chi connectivity index (χ0n) is 21.0. The molecule has 9 nitrogen and oxygen atoms in total. The topological polar surface area (TPSA) is 143 Å². The van der Waals surface area contributed by atoms with Crippen LogP contribution in [-0.2, 0) is 0 Å². The van der Waals surface area contributed by atoms with Crippen molar-refractivity contribution in [1.29, 1.82) is 5.41 Å². The Kier molecular flexibility index (Phi) is 8.88. The van der Waals surface area contributed by atoms with Gasteiger partial charge in [-0.2, -0.15) is 0 Å². The third kappa shape index (κ3) is 6.75. The summed E-state index contributed by atoms with van der Waals surface area (Å²) in [6, 6.07) is 7.35. The van der Waals surface area contributed by atoms with Crippen LogP contribution in [0.5, 0.6) is 11.5 Å². The minimum absolute atomic E-state index is 0.175. The first kappa shape index (κ1) is 26.1. The summed E-state index contributed by atoms with van der Waals surface area (Å²) in [5, 5.41) is 14.1. The van der Waals surface area contributed by atoms with Crippen LogP contribution in [0, 0.1) is 11.3 Å². The summed E-state index contributed by atoms with van der Waals surface area (Å²) in [7, 11) is 3.30. The number of nitrogens with one attached hydrogen (secondary N) is 3. The van der Waals surface area contributed by atoms with Gasteiger partial charge in [0, 0.05) is 42.9 Å². The second kappa shape index (κ2) is 12.3. The molecule has 0 fully saturated rings. The fraction of sp³-hybridized carbons (Fsp3) is 0.222. The predicted octanol–water partition coefficient (Wildman–Crippen LogP) is 3.28. The van der Waals surface area contributed by atoms with Gasteiger partial charge >= 0.3 is 0 Å². The van der Waals surface area contributed by atoms with E-state index in [4.69, 9.17) is 26.4 Å². The molecule has 0 aromatic heterocycles. The van der Waals surface area contributed by atoms with Gasteiger partial charge in [-0.15, -0.1) is 0 Å². The Bertz CT molecular complexity index is 1240. The van der Waals surface area contributed by atoms with E-state index in [1.54, 1.807) is 32.5 Å². The van der Waals surface area contributed by atoms with Crippen LogP contribution in [0.2, 0.25) is 0 Å². The van der Waals surface area contributed by atoms with E-state index in [2.05, 4.69) is 20.6 Å². The van der Waals surface area contributed by atoms with Gasteiger partial charge in [0.15, 0.2) is 0 Å². The molecule has 0 aliphatic carbocycles. The van der Waals surface area contributed by atoms with E-state index >= 15 is 0 Å². The molecule has 7 N–H and O–H groups in total. The minimum Gasteiger partial charge on any atom is -0.497 e. The summed E-state index contributed by atoms with van der Waals surface area (Å²) < 4.78 is 11.1. The van der Waals surface area contributed by atoms with E-state index < -0.39 is 0 Å². The van der Waals surface area contributed by atoms with Crippen LogP contribution < -0.4 is 31.6 Å². The maximum atomic E-state index is 7.55. The van der Waals surface area contributed by atoms with Crippen LogP contribution in [0.25, 0.3) is 0 Å². The molecule has 2 heterocycles. The minimum atomic E-state index is 0.175. The van der Waals surface area contributed by atoms with Gasteiger partial charge in [-0.3, -0.25) is 4.99 Å². The molecule has 3 rings (SSSR count). The second-order valence-electron chi connectivity index (χ2n) is 8.33. The van der Waals surface area contributed by atoms with Crippen molar-refractivity contribution in [3.63, 3.8) is 0 Å². The van der Waals surface area contributed by atoms with E-state index in [9.17, 15) is 0 Å². The van der Waals surface area contributed by atoms with Gasteiger partial charge in [0.25, 0.3) is 0 Å². The summed E-state index contributed by atoms with van der Waals surface area (Å²) in [5.74, 6) is 2.44. The van der Waals surface area contributed by atoms with Crippen molar-refractivity contribution >= 4 is 18.3 Å². The van der Waals surface area contributed by atoms with Gasteiger partial charge in [-0.1, -0.05) is 19.9 Å². The Morgan fingerprint density at radius 1 is 1.17 bits per heavy atom. The number of ether oxygens (including phenoxy) is 2. The summed E-state index contributed by atoms with van der Waals surface area (Å²) >= 11 is 0. The average Bonchev–Trinajstić information content (AvgIpc) is 2.88. The van der Waals surface area contributed by atoms with Gasteiger partial charge in [0.1, 0.15) is 29.8 Å². The summed E-state index contributed by atoms with van der Waals surface area (Å²) in [6.07, 6.45) is 12.3. The lowest BCUT2D eigenvalue weighted by Crippen LogP contribution is -2.27. The van der Waals surface area contributed by atoms with E-state index in [0.717, 1.165) is 28.1 Å². The molecule has 0 radical (unpaired) electrons. The zero-order valence-corrected chi connectivity index (χ0v) is 21.0. The lowest BCUT2D eigenvalue weighted by atomic mass is 10.0. The third-order valence-corrected chi connectivity index (χ3v) is 5.39. The number of amidine groups is 1. The van der Waals surface area contributed by atoms with Gasteiger partial charge < -0.3 is 37.0 Å². The van der Waals surface area contributed by atoms with E-state index in [-0.39, 0.29) is 12.5 Å². The molecule has 0 atom stereocenters. The predicted molar refractivity (Wildman–Crippen MR) is 146 cm³/mol. The van der Waals surface area contributed by atoms with Gasteiger partial charge in [-0.25, -0.2) is 4.99 Å². The normalized spacial score (nSPS) is 16.6. The molecule has 1 aromatic carbocycles. The first-order valence-electron chi connectivity index (χ1n) is 11.5. The third-order valence-electron chi connectivity index (χ3n) is 5.39.